The van der Waals surface area contributed by atoms with Crippen LogP contribution in [0.1, 0.15) is 31.8 Å². The zero-order valence-corrected chi connectivity index (χ0v) is 9.81. The van der Waals surface area contributed by atoms with Crippen LogP contribution in [0.15, 0.2) is 42.5 Å². The van der Waals surface area contributed by atoms with Gasteiger partial charge in [-0.3, -0.25) is 9.59 Å². The van der Waals surface area contributed by atoms with Crippen molar-refractivity contribution in [2.45, 2.75) is 0 Å². The molecule has 2 aromatic carbocycles. The van der Waals surface area contributed by atoms with Gasteiger partial charge in [0.25, 0.3) is 0 Å². The normalized spacial score (nSPS) is 11.8. The number of phenols is 1. The van der Waals surface area contributed by atoms with E-state index in [-0.39, 0.29) is 39.4 Å². The molecule has 0 radical (unpaired) electrons. The number of phenolic OH excluding ortho intramolecular Hbond substituents is 1. The van der Waals surface area contributed by atoms with E-state index in [4.69, 9.17) is 0 Å². The van der Waals surface area contributed by atoms with Crippen molar-refractivity contribution in [2.24, 2.45) is 0 Å². The molecule has 0 fully saturated rings. The van der Waals surface area contributed by atoms with E-state index in [9.17, 15) is 14.7 Å². The smallest absolute Gasteiger partial charge is 0.198 e. The van der Waals surface area contributed by atoms with Crippen LogP contribution in [0.3, 0.4) is 0 Å². The lowest BCUT2D eigenvalue weighted by atomic mass is 9.84. The van der Waals surface area contributed by atoms with Crippen LogP contribution in [0.4, 0.5) is 0 Å². The molecule has 2 aromatic rings. The van der Waals surface area contributed by atoms with Crippen molar-refractivity contribution in [1.82, 2.24) is 0 Å². The van der Waals surface area contributed by atoms with Gasteiger partial charge in [-0.15, -0.1) is 0 Å². The summed E-state index contributed by atoms with van der Waals surface area (Å²) in [7, 11) is 0. The van der Waals surface area contributed by atoms with Crippen molar-refractivity contribution < 1.29 is 25.6 Å². The van der Waals surface area contributed by atoms with E-state index in [0.717, 1.165) is 0 Å². The van der Waals surface area contributed by atoms with E-state index in [1.54, 1.807) is 36.4 Å². The largest absolute Gasteiger partial charge is 0.507 e. The first-order valence-corrected chi connectivity index (χ1v) is 5.20. The highest BCUT2D eigenvalue weighted by Crippen LogP contribution is 2.32. The number of aromatic hydroxyl groups is 1. The molecule has 0 aromatic heterocycles. The van der Waals surface area contributed by atoms with Crippen molar-refractivity contribution in [1.29, 1.82) is 0 Å². The Labute approximate surface area is 108 Å². The molecule has 0 aliphatic heterocycles. The maximum atomic E-state index is 12.2. The van der Waals surface area contributed by atoms with Crippen molar-refractivity contribution in [3.8, 4) is 5.75 Å². The first-order chi connectivity index (χ1) is 8.20. The highest BCUT2D eigenvalue weighted by molar-refractivity contribution is 6.29. The molecule has 0 amide bonds. The predicted octanol–water partition coefficient (Wildman–Crippen LogP) is 0.518. The molecular formula is C14H12O5. The number of hydrogen-bond donors (Lipinski definition) is 1. The molecule has 98 valence electrons. The van der Waals surface area contributed by atoms with Crippen LogP contribution in [-0.4, -0.2) is 27.6 Å². The first kappa shape index (κ1) is 14.6. The van der Waals surface area contributed by atoms with Gasteiger partial charge in [-0.2, -0.15) is 0 Å². The number of ketones is 2. The fraction of sp³-hybridized carbons (Fsp3) is 0. The minimum Gasteiger partial charge on any atom is -0.507 e. The third kappa shape index (κ3) is 1.91. The van der Waals surface area contributed by atoms with Gasteiger partial charge in [-0.25, -0.2) is 0 Å². The summed E-state index contributed by atoms with van der Waals surface area (Å²) in [6.45, 7) is 0. The molecule has 1 aliphatic rings. The molecule has 5 heteroatoms. The van der Waals surface area contributed by atoms with E-state index in [1.807, 2.05) is 0 Å². The lowest BCUT2D eigenvalue weighted by Gasteiger charge is -2.17. The summed E-state index contributed by atoms with van der Waals surface area (Å²) in [5.41, 5.74) is 1.13. The number of hydrogen-bond acceptors (Lipinski definition) is 3. The van der Waals surface area contributed by atoms with Gasteiger partial charge >= 0.3 is 0 Å². The molecule has 0 saturated carbocycles. The molecule has 0 saturated heterocycles. The van der Waals surface area contributed by atoms with Crippen LogP contribution in [0.2, 0.25) is 0 Å². The highest BCUT2D eigenvalue weighted by Gasteiger charge is 2.31. The highest BCUT2D eigenvalue weighted by atomic mass is 16.3. The summed E-state index contributed by atoms with van der Waals surface area (Å²) in [5.74, 6) is -0.658. The van der Waals surface area contributed by atoms with Gasteiger partial charge in [0.15, 0.2) is 11.6 Å². The van der Waals surface area contributed by atoms with Crippen LogP contribution < -0.4 is 0 Å². The minimum atomic E-state index is -0.298. The summed E-state index contributed by atoms with van der Waals surface area (Å²) in [6, 6.07) is 11.2. The standard InChI is InChI=1S/C14H8O3.2H2O/c15-11-7-3-6-10-12(11)14(17)9-5-2-1-4-8(9)13(10)16;;/h1-7,15H;2*1H2. The van der Waals surface area contributed by atoms with Crippen molar-refractivity contribution in [3.63, 3.8) is 0 Å². The van der Waals surface area contributed by atoms with Crippen LogP contribution >= 0.6 is 0 Å². The third-order valence-corrected chi connectivity index (χ3v) is 2.93. The zero-order chi connectivity index (χ0) is 12.0. The maximum Gasteiger partial charge on any atom is 0.198 e. The summed E-state index contributed by atoms with van der Waals surface area (Å²) in [6.07, 6.45) is 0. The number of benzene rings is 2. The minimum absolute atomic E-state index is 0. The predicted molar refractivity (Wildman–Crippen MR) is 68.6 cm³/mol. The topological polar surface area (TPSA) is 117 Å². The average Bonchev–Trinajstić information content (AvgIpc) is 2.36. The van der Waals surface area contributed by atoms with Crippen molar-refractivity contribution in [2.75, 3.05) is 0 Å². The molecule has 1 aliphatic carbocycles. The summed E-state index contributed by atoms with van der Waals surface area (Å²) in [5, 5.41) is 9.70. The molecule has 5 nitrogen and oxygen atoms in total. The SMILES string of the molecule is O.O.O=C1c2ccccc2C(=O)c2c(O)cccc21. The first-order valence-electron chi connectivity index (χ1n) is 5.20. The summed E-state index contributed by atoms with van der Waals surface area (Å²) >= 11 is 0. The number of fused-ring (bicyclic) bond motifs is 2. The Balaban J connectivity index is 0.000000902. The van der Waals surface area contributed by atoms with Gasteiger partial charge in [-0.1, -0.05) is 36.4 Å². The van der Waals surface area contributed by atoms with E-state index < -0.39 is 0 Å². The molecule has 0 unspecified atom stereocenters. The third-order valence-electron chi connectivity index (χ3n) is 2.93. The zero-order valence-electron chi connectivity index (χ0n) is 9.81. The quantitative estimate of drug-likeness (QED) is 0.634. The van der Waals surface area contributed by atoms with Crippen LogP contribution in [0, 0.1) is 0 Å². The van der Waals surface area contributed by atoms with Crippen LogP contribution in [0.25, 0.3) is 0 Å². The average molecular weight is 260 g/mol. The van der Waals surface area contributed by atoms with E-state index in [1.165, 1.54) is 6.07 Å². The van der Waals surface area contributed by atoms with Gasteiger partial charge < -0.3 is 16.1 Å². The lowest BCUT2D eigenvalue weighted by molar-refractivity contribution is 0.0976. The summed E-state index contributed by atoms with van der Waals surface area (Å²) < 4.78 is 0. The fourth-order valence-electron chi connectivity index (χ4n) is 2.13. The Bertz CT molecular complexity index is 661. The fourth-order valence-corrected chi connectivity index (χ4v) is 2.13. The van der Waals surface area contributed by atoms with E-state index in [0.29, 0.717) is 11.1 Å². The van der Waals surface area contributed by atoms with Crippen LogP contribution in [0.5, 0.6) is 5.75 Å². The lowest BCUT2D eigenvalue weighted by Crippen LogP contribution is -2.20. The van der Waals surface area contributed by atoms with Crippen LogP contribution in [-0.2, 0) is 0 Å². The molecule has 3 rings (SSSR count). The molecule has 0 heterocycles. The van der Waals surface area contributed by atoms with Gasteiger partial charge in [-0.05, 0) is 6.07 Å². The van der Waals surface area contributed by atoms with Gasteiger partial charge in [0.2, 0.25) is 0 Å². The molecule has 19 heavy (non-hydrogen) atoms. The molecule has 0 atom stereocenters. The molecule has 0 bridgehead atoms. The number of rotatable bonds is 0. The Morgan fingerprint density at radius 1 is 0.684 bits per heavy atom. The molecule has 5 N–H and O–H groups in total. The maximum absolute atomic E-state index is 12.2. The Morgan fingerprint density at radius 3 is 1.84 bits per heavy atom. The monoisotopic (exact) mass is 260 g/mol. The Morgan fingerprint density at radius 2 is 1.21 bits per heavy atom. The second-order valence-corrected chi connectivity index (χ2v) is 3.90. The van der Waals surface area contributed by atoms with Gasteiger partial charge in [0.05, 0.1) is 5.56 Å². The second-order valence-electron chi connectivity index (χ2n) is 3.90. The van der Waals surface area contributed by atoms with E-state index in [2.05, 4.69) is 0 Å². The van der Waals surface area contributed by atoms with Crippen molar-refractivity contribution in [3.05, 3.63) is 64.7 Å². The number of carbonyl (C=O) groups is 2. The van der Waals surface area contributed by atoms with E-state index >= 15 is 0 Å². The molecular weight excluding hydrogens is 248 g/mol. The summed E-state index contributed by atoms with van der Waals surface area (Å²) in [4.78, 5) is 24.3. The molecule has 0 spiro atoms. The van der Waals surface area contributed by atoms with Gasteiger partial charge in [0, 0.05) is 16.7 Å². The van der Waals surface area contributed by atoms with Crippen molar-refractivity contribution >= 4 is 11.6 Å². The Hall–Kier alpha value is -2.50. The second kappa shape index (κ2) is 5.01. The number of carbonyl (C=O) groups excluding carboxylic acids is 2. The Kier molecular flexibility index (Phi) is 3.84. The van der Waals surface area contributed by atoms with Gasteiger partial charge in [0.1, 0.15) is 5.75 Å².